The molecule has 0 saturated carbocycles. The molecule has 0 aromatic heterocycles. The number of likely N-dealkylation sites (N-methyl/N-ethyl adjacent to an activating group) is 1. The number of hydrogen-bond donors (Lipinski definition) is 1. The smallest absolute Gasteiger partial charge is 0.0451 e. The molecule has 2 rings (SSSR count). The second-order valence-electron chi connectivity index (χ2n) is 5.93. The van der Waals surface area contributed by atoms with Gasteiger partial charge in [-0.2, -0.15) is 0 Å². The molecular formula is C16H26N2O. The van der Waals surface area contributed by atoms with Gasteiger partial charge in [-0.15, -0.1) is 0 Å². The predicted molar refractivity (Wildman–Crippen MR) is 80.7 cm³/mol. The van der Waals surface area contributed by atoms with Crippen LogP contribution in [0.5, 0.6) is 0 Å². The zero-order valence-electron chi connectivity index (χ0n) is 12.3. The summed E-state index contributed by atoms with van der Waals surface area (Å²) in [7, 11) is 2.18. The summed E-state index contributed by atoms with van der Waals surface area (Å²) in [5.41, 5.74) is 2.64. The van der Waals surface area contributed by atoms with Crippen LogP contribution in [-0.2, 0) is 0 Å². The third-order valence-electron chi connectivity index (χ3n) is 3.98. The number of hydrogen-bond acceptors (Lipinski definition) is 3. The number of benzene rings is 1. The van der Waals surface area contributed by atoms with Gasteiger partial charge in [0.15, 0.2) is 0 Å². The maximum atomic E-state index is 9.35. The predicted octanol–water partition coefficient (Wildman–Crippen LogP) is 2.13. The molecule has 3 nitrogen and oxygen atoms in total. The summed E-state index contributed by atoms with van der Waals surface area (Å²) in [4.78, 5) is 4.89. The molecule has 0 amide bonds. The fourth-order valence-corrected chi connectivity index (χ4v) is 3.18. The first-order chi connectivity index (χ1) is 9.11. The van der Waals surface area contributed by atoms with Crippen molar-refractivity contribution in [2.75, 3.05) is 38.2 Å². The van der Waals surface area contributed by atoms with Gasteiger partial charge in [0.05, 0.1) is 0 Å². The van der Waals surface area contributed by atoms with E-state index in [9.17, 15) is 5.11 Å². The van der Waals surface area contributed by atoms with Crippen molar-refractivity contribution in [3.05, 3.63) is 29.8 Å². The number of rotatable bonds is 3. The van der Waals surface area contributed by atoms with E-state index < -0.39 is 0 Å². The maximum absolute atomic E-state index is 9.35. The van der Waals surface area contributed by atoms with Crippen LogP contribution in [0.4, 0.5) is 5.69 Å². The van der Waals surface area contributed by atoms with Crippen molar-refractivity contribution < 1.29 is 5.11 Å². The third-order valence-corrected chi connectivity index (χ3v) is 3.98. The van der Waals surface area contributed by atoms with Crippen LogP contribution in [0.15, 0.2) is 24.3 Å². The van der Waals surface area contributed by atoms with Crippen LogP contribution in [-0.4, -0.2) is 49.3 Å². The first kappa shape index (κ1) is 14.4. The summed E-state index contributed by atoms with van der Waals surface area (Å²) < 4.78 is 0. The van der Waals surface area contributed by atoms with Crippen LogP contribution in [0.3, 0.4) is 0 Å². The van der Waals surface area contributed by atoms with Gasteiger partial charge in [0.2, 0.25) is 0 Å². The summed E-state index contributed by atoms with van der Waals surface area (Å²) in [6, 6.07) is 8.98. The van der Waals surface area contributed by atoms with E-state index in [1.54, 1.807) is 0 Å². The lowest BCUT2D eigenvalue weighted by Crippen LogP contribution is -2.41. The van der Waals surface area contributed by atoms with Gasteiger partial charge in [-0.25, -0.2) is 0 Å². The average Bonchev–Trinajstić information content (AvgIpc) is 2.49. The molecule has 19 heavy (non-hydrogen) atoms. The zero-order chi connectivity index (χ0) is 13.8. The topological polar surface area (TPSA) is 26.7 Å². The fraction of sp³-hybridized carbons (Fsp3) is 0.625. The molecule has 1 heterocycles. The lowest BCUT2D eigenvalue weighted by atomic mass is 10.1. The second-order valence-corrected chi connectivity index (χ2v) is 5.93. The van der Waals surface area contributed by atoms with E-state index in [2.05, 4.69) is 55.0 Å². The molecule has 1 N–H and O–H groups in total. The van der Waals surface area contributed by atoms with E-state index >= 15 is 0 Å². The second kappa shape index (κ2) is 6.40. The Hall–Kier alpha value is -1.06. The summed E-state index contributed by atoms with van der Waals surface area (Å²) in [6.07, 6.45) is 0.839. The van der Waals surface area contributed by atoms with Crippen LogP contribution in [0, 0.1) is 12.8 Å². The normalized spacial score (nSPS) is 25.4. The molecular weight excluding hydrogens is 236 g/mol. The number of nitrogens with zero attached hydrogens (tertiary/aromatic N) is 2. The number of aliphatic hydroxyl groups is 1. The van der Waals surface area contributed by atoms with Gasteiger partial charge >= 0.3 is 0 Å². The lowest BCUT2D eigenvalue weighted by Gasteiger charge is -2.34. The quantitative estimate of drug-likeness (QED) is 0.904. The molecule has 1 aromatic rings. The molecule has 2 atom stereocenters. The van der Waals surface area contributed by atoms with Crippen molar-refractivity contribution >= 4 is 5.69 Å². The van der Waals surface area contributed by atoms with Crippen molar-refractivity contribution in [1.82, 2.24) is 4.90 Å². The highest BCUT2D eigenvalue weighted by Gasteiger charge is 2.27. The van der Waals surface area contributed by atoms with E-state index in [1.165, 1.54) is 11.3 Å². The van der Waals surface area contributed by atoms with E-state index in [-0.39, 0.29) is 6.61 Å². The number of aryl methyl sites for hydroxylation is 1. The van der Waals surface area contributed by atoms with Gasteiger partial charge in [-0.3, -0.25) is 0 Å². The number of aliphatic hydroxyl groups excluding tert-OH is 1. The Labute approximate surface area is 116 Å². The maximum Gasteiger partial charge on any atom is 0.0451 e. The minimum absolute atomic E-state index is 0.259. The Morgan fingerprint density at radius 2 is 1.95 bits per heavy atom. The Morgan fingerprint density at radius 1 is 1.21 bits per heavy atom. The average molecular weight is 262 g/mol. The lowest BCUT2D eigenvalue weighted by molar-refractivity contribution is 0.250. The molecule has 1 saturated heterocycles. The van der Waals surface area contributed by atoms with Crippen molar-refractivity contribution in [3.8, 4) is 0 Å². The molecule has 1 aromatic carbocycles. The molecule has 1 fully saturated rings. The third kappa shape index (κ3) is 3.48. The Kier molecular flexibility index (Phi) is 4.83. The van der Waals surface area contributed by atoms with Crippen molar-refractivity contribution in [1.29, 1.82) is 0 Å². The largest absolute Gasteiger partial charge is 0.396 e. The molecule has 3 heteroatoms. The van der Waals surface area contributed by atoms with E-state index in [0.717, 1.165) is 26.1 Å². The standard InChI is InChI=1S/C16H26N2O/c1-13-10-17(3)12-15(8-9-19)18(11-13)16-7-5-4-6-14(16)2/h4-7,13,15,19H,8-12H2,1-3H3. The zero-order valence-corrected chi connectivity index (χ0v) is 12.3. The van der Waals surface area contributed by atoms with Crippen LogP contribution < -0.4 is 4.90 Å². The van der Waals surface area contributed by atoms with Crippen LogP contribution >= 0.6 is 0 Å². The molecule has 0 radical (unpaired) electrons. The summed E-state index contributed by atoms with van der Waals surface area (Å²) in [5, 5.41) is 9.35. The molecule has 106 valence electrons. The van der Waals surface area contributed by atoms with Gasteiger partial charge in [-0.05, 0) is 37.9 Å². The molecule has 0 aliphatic carbocycles. The van der Waals surface area contributed by atoms with Crippen molar-refractivity contribution in [3.63, 3.8) is 0 Å². The molecule has 1 aliphatic heterocycles. The number of para-hydroxylation sites is 1. The van der Waals surface area contributed by atoms with Gasteiger partial charge in [-0.1, -0.05) is 25.1 Å². The Balaban J connectivity index is 2.29. The summed E-state index contributed by atoms with van der Waals surface area (Å²) in [5.74, 6) is 0.647. The fourth-order valence-electron chi connectivity index (χ4n) is 3.18. The van der Waals surface area contributed by atoms with E-state index in [4.69, 9.17) is 0 Å². The molecule has 0 spiro atoms. The highest BCUT2D eigenvalue weighted by molar-refractivity contribution is 5.54. The summed E-state index contributed by atoms with van der Waals surface area (Å²) >= 11 is 0. The van der Waals surface area contributed by atoms with Crippen LogP contribution in [0.25, 0.3) is 0 Å². The van der Waals surface area contributed by atoms with Gasteiger partial charge in [0, 0.05) is 38.0 Å². The molecule has 0 bridgehead atoms. The highest BCUT2D eigenvalue weighted by atomic mass is 16.3. The first-order valence-electron chi connectivity index (χ1n) is 7.23. The van der Waals surface area contributed by atoms with Crippen molar-refractivity contribution in [2.45, 2.75) is 26.3 Å². The van der Waals surface area contributed by atoms with E-state index in [1.807, 2.05) is 0 Å². The SMILES string of the molecule is Cc1ccccc1N1CC(C)CN(C)CC1CCO. The highest BCUT2D eigenvalue weighted by Crippen LogP contribution is 2.26. The summed E-state index contributed by atoms with van der Waals surface area (Å²) in [6.45, 7) is 7.96. The minimum atomic E-state index is 0.259. The molecule has 1 aliphatic rings. The number of anilines is 1. The minimum Gasteiger partial charge on any atom is -0.396 e. The first-order valence-corrected chi connectivity index (χ1v) is 7.23. The van der Waals surface area contributed by atoms with Crippen LogP contribution in [0.2, 0.25) is 0 Å². The van der Waals surface area contributed by atoms with E-state index in [0.29, 0.717) is 12.0 Å². The van der Waals surface area contributed by atoms with Crippen LogP contribution in [0.1, 0.15) is 18.9 Å². The van der Waals surface area contributed by atoms with Gasteiger partial charge in [0.1, 0.15) is 0 Å². The Bertz CT molecular complexity index is 407. The Morgan fingerprint density at radius 3 is 2.63 bits per heavy atom. The van der Waals surface area contributed by atoms with Gasteiger partial charge < -0.3 is 14.9 Å². The van der Waals surface area contributed by atoms with Crippen molar-refractivity contribution in [2.24, 2.45) is 5.92 Å². The van der Waals surface area contributed by atoms with Gasteiger partial charge in [0.25, 0.3) is 0 Å². The monoisotopic (exact) mass is 262 g/mol. The molecule has 2 unspecified atom stereocenters.